The number of nitrogens with zero attached hydrogens (tertiary/aromatic N) is 1. The van der Waals surface area contributed by atoms with E-state index < -0.39 is 0 Å². The summed E-state index contributed by atoms with van der Waals surface area (Å²) < 4.78 is 13.8. The summed E-state index contributed by atoms with van der Waals surface area (Å²) in [6.07, 6.45) is 0.937. The Morgan fingerprint density at radius 2 is 2.00 bits per heavy atom. The molecular weight excluding hydrogens is 275 g/mol. The Hall–Kier alpha value is -1.58. The number of rotatable bonds is 2. The SMILES string of the molecule is Nc1cccc2c1CN(Cc1c(F)cccc1Cl)CC2. The zero-order valence-electron chi connectivity index (χ0n) is 11.1. The van der Waals surface area contributed by atoms with Crippen molar-refractivity contribution >= 4 is 17.3 Å². The van der Waals surface area contributed by atoms with E-state index in [1.165, 1.54) is 11.6 Å². The van der Waals surface area contributed by atoms with E-state index in [2.05, 4.69) is 11.0 Å². The first-order valence-corrected chi connectivity index (χ1v) is 7.04. The topological polar surface area (TPSA) is 29.3 Å². The van der Waals surface area contributed by atoms with Crippen LogP contribution in [0, 0.1) is 5.82 Å². The molecule has 0 aromatic heterocycles. The lowest BCUT2D eigenvalue weighted by atomic mass is 9.98. The molecule has 20 heavy (non-hydrogen) atoms. The summed E-state index contributed by atoms with van der Waals surface area (Å²) in [7, 11) is 0. The molecule has 0 aliphatic carbocycles. The quantitative estimate of drug-likeness (QED) is 0.856. The van der Waals surface area contributed by atoms with Gasteiger partial charge in [0.25, 0.3) is 0 Å². The summed E-state index contributed by atoms with van der Waals surface area (Å²) in [6, 6.07) is 10.8. The van der Waals surface area contributed by atoms with E-state index in [-0.39, 0.29) is 5.82 Å². The second-order valence-corrected chi connectivity index (χ2v) is 5.55. The smallest absolute Gasteiger partial charge is 0.129 e. The van der Waals surface area contributed by atoms with Gasteiger partial charge in [0.2, 0.25) is 0 Å². The Labute approximate surface area is 123 Å². The van der Waals surface area contributed by atoms with Gasteiger partial charge in [-0.3, -0.25) is 4.90 Å². The Morgan fingerprint density at radius 3 is 2.80 bits per heavy atom. The maximum Gasteiger partial charge on any atom is 0.129 e. The fraction of sp³-hybridized carbons (Fsp3) is 0.250. The summed E-state index contributed by atoms with van der Waals surface area (Å²) >= 11 is 6.09. The lowest BCUT2D eigenvalue weighted by molar-refractivity contribution is 0.243. The fourth-order valence-corrected chi connectivity index (χ4v) is 2.93. The molecule has 2 nitrogen and oxygen atoms in total. The van der Waals surface area contributed by atoms with Gasteiger partial charge >= 0.3 is 0 Å². The highest BCUT2D eigenvalue weighted by molar-refractivity contribution is 6.31. The molecule has 0 saturated carbocycles. The molecule has 2 aromatic carbocycles. The van der Waals surface area contributed by atoms with E-state index in [1.807, 2.05) is 12.1 Å². The largest absolute Gasteiger partial charge is 0.398 e. The highest BCUT2D eigenvalue weighted by Crippen LogP contribution is 2.27. The molecule has 0 bridgehead atoms. The number of halogens is 2. The van der Waals surface area contributed by atoms with Crippen molar-refractivity contribution in [2.75, 3.05) is 12.3 Å². The first-order valence-electron chi connectivity index (χ1n) is 6.66. The van der Waals surface area contributed by atoms with Gasteiger partial charge in [0.1, 0.15) is 5.82 Å². The van der Waals surface area contributed by atoms with Gasteiger partial charge in [0.05, 0.1) is 0 Å². The summed E-state index contributed by atoms with van der Waals surface area (Å²) in [4.78, 5) is 2.18. The molecule has 1 aliphatic heterocycles. The molecule has 0 unspecified atom stereocenters. The van der Waals surface area contributed by atoms with Gasteiger partial charge in [-0.2, -0.15) is 0 Å². The number of hydrogen-bond acceptors (Lipinski definition) is 2. The highest BCUT2D eigenvalue weighted by Gasteiger charge is 2.20. The summed E-state index contributed by atoms with van der Waals surface area (Å²) in [5, 5.41) is 0.483. The van der Waals surface area contributed by atoms with Crippen molar-refractivity contribution in [3.05, 3.63) is 63.9 Å². The standard InChI is InChI=1S/C16H16ClFN2/c17-14-4-2-5-15(18)13(14)10-20-8-7-11-3-1-6-16(19)12(11)9-20/h1-6H,7-10,19H2. The van der Waals surface area contributed by atoms with Crippen LogP contribution in [0.5, 0.6) is 0 Å². The normalized spacial score (nSPS) is 15.1. The minimum atomic E-state index is -0.246. The zero-order chi connectivity index (χ0) is 14.1. The first kappa shape index (κ1) is 13.4. The van der Waals surface area contributed by atoms with E-state index in [4.69, 9.17) is 17.3 Å². The monoisotopic (exact) mass is 290 g/mol. The molecule has 0 atom stereocenters. The van der Waals surface area contributed by atoms with Crippen molar-refractivity contribution in [3.63, 3.8) is 0 Å². The second-order valence-electron chi connectivity index (χ2n) is 5.15. The molecule has 0 saturated heterocycles. The molecule has 2 N–H and O–H groups in total. The third-order valence-electron chi connectivity index (χ3n) is 3.83. The number of fused-ring (bicyclic) bond motifs is 1. The maximum atomic E-state index is 13.8. The number of nitrogens with two attached hydrogens (primary N) is 1. The van der Waals surface area contributed by atoms with Crippen molar-refractivity contribution in [2.45, 2.75) is 19.5 Å². The Morgan fingerprint density at radius 1 is 1.20 bits per heavy atom. The average Bonchev–Trinajstić information content (AvgIpc) is 2.44. The molecule has 1 aliphatic rings. The summed E-state index contributed by atoms with van der Waals surface area (Å²) in [5.74, 6) is -0.246. The van der Waals surface area contributed by atoms with Crippen LogP contribution in [0.2, 0.25) is 5.02 Å². The number of hydrogen-bond donors (Lipinski definition) is 1. The van der Waals surface area contributed by atoms with Crippen LogP contribution in [0.4, 0.5) is 10.1 Å². The van der Waals surface area contributed by atoms with Gasteiger partial charge < -0.3 is 5.73 Å². The van der Waals surface area contributed by atoms with Crippen molar-refractivity contribution < 1.29 is 4.39 Å². The van der Waals surface area contributed by atoms with Crippen LogP contribution in [0.15, 0.2) is 36.4 Å². The predicted molar refractivity (Wildman–Crippen MR) is 80.1 cm³/mol. The van der Waals surface area contributed by atoms with Gasteiger partial charge in [-0.25, -0.2) is 4.39 Å². The Balaban J connectivity index is 1.83. The molecule has 4 heteroatoms. The van der Waals surface area contributed by atoms with E-state index in [0.29, 0.717) is 17.1 Å². The van der Waals surface area contributed by atoms with E-state index >= 15 is 0 Å². The van der Waals surface area contributed by atoms with Gasteiger partial charge in [0.15, 0.2) is 0 Å². The molecule has 0 amide bonds. The summed E-state index contributed by atoms with van der Waals surface area (Å²) in [5.41, 5.74) is 9.85. The van der Waals surface area contributed by atoms with Gasteiger partial charge in [-0.1, -0.05) is 29.8 Å². The van der Waals surface area contributed by atoms with E-state index in [0.717, 1.165) is 30.8 Å². The van der Waals surface area contributed by atoms with Gasteiger partial charge in [-0.05, 0) is 35.7 Å². The number of nitrogen functional groups attached to an aromatic ring is 1. The third kappa shape index (κ3) is 2.51. The maximum absolute atomic E-state index is 13.8. The lowest BCUT2D eigenvalue weighted by Crippen LogP contribution is -2.31. The summed E-state index contributed by atoms with van der Waals surface area (Å²) in [6.45, 7) is 2.15. The van der Waals surface area contributed by atoms with Gasteiger partial charge in [-0.15, -0.1) is 0 Å². The van der Waals surface area contributed by atoms with Crippen molar-refractivity contribution in [1.29, 1.82) is 0 Å². The minimum Gasteiger partial charge on any atom is -0.398 e. The van der Waals surface area contributed by atoms with Crippen LogP contribution in [-0.2, 0) is 19.5 Å². The van der Waals surface area contributed by atoms with Gasteiger partial charge in [0, 0.05) is 35.9 Å². The number of anilines is 1. The predicted octanol–water partition coefficient (Wildman–Crippen LogP) is 3.62. The Bertz CT molecular complexity index is 622. The van der Waals surface area contributed by atoms with Crippen LogP contribution < -0.4 is 5.73 Å². The zero-order valence-corrected chi connectivity index (χ0v) is 11.8. The van der Waals surface area contributed by atoms with Crippen molar-refractivity contribution in [2.24, 2.45) is 0 Å². The molecule has 1 heterocycles. The second kappa shape index (κ2) is 5.43. The van der Waals surface area contributed by atoms with Crippen LogP contribution in [-0.4, -0.2) is 11.4 Å². The average molecular weight is 291 g/mol. The highest BCUT2D eigenvalue weighted by atomic mass is 35.5. The lowest BCUT2D eigenvalue weighted by Gasteiger charge is -2.30. The van der Waals surface area contributed by atoms with Crippen LogP contribution in [0.1, 0.15) is 16.7 Å². The minimum absolute atomic E-state index is 0.246. The number of benzene rings is 2. The molecule has 2 aromatic rings. The van der Waals surface area contributed by atoms with E-state index in [1.54, 1.807) is 12.1 Å². The molecule has 0 spiro atoms. The first-order chi connectivity index (χ1) is 9.65. The fourth-order valence-electron chi connectivity index (χ4n) is 2.70. The molecular formula is C16H16ClFN2. The van der Waals surface area contributed by atoms with Crippen LogP contribution in [0.3, 0.4) is 0 Å². The van der Waals surface area contributed by atoms with Crippen LogP contribution in [0.25, 0.3) is 0 Å². The van der Waals surface area contributed by atoms with Crippen LogP contribution >= 0.6 is 11.6 Å². The Kier molecular flexibility index (Phi) is 3.64. The van der Waals surface area contributed by atoms with Crippen molar-refractivity contribution in [3.8, 4) is 0 Å². The third-order valence-corrected chi connectivity index (χ3v) is 4.19. The molecule has 104 valence electrons. The molecule has 3 rings (SSSR count). The molecule has 0 radical (unpaired) electrons. The van der Waals surface area contributed by atoms with E-state index in [9.17, 15) is 4.39 Å². The molecule has 0 fully saturated rings. The van der Waals surface area contributed by atoms with Crippen molar-refractivity contribution in [1.82, 2.24) is 4.90 Å².